The molecule has 29 heteroatoms. The number of imidazole rings is 4. The highest BCUT2D eigenvalue weighted by Crippen LogP contribution is 2.11. The van der Waals surface area contributed by atoms with E-state index in [9.17, 15) is 43.5 Å². The van der Waals surface area contributed by atoms with Crippen LogP contribution in [0.3, 0.4) is 0 Å². The van der Waals surface area contributed by atoms with Crippen molar-refractivity contribution in [2.24, 2.45) is 22.2 Å². The first-order valence-electron chi connectivity index (χ1n) is 25.1. The molecule has 0 saturated carbocycles. The number of hydrogen-bond donors (Lipinski definition) is 15. The third kappa shape index (κ3) is 21.9. The molecule has 0 aliphatic heterocycles. The molecule has 0 unspecified atom stereocenters. The Labute approximate surface area is 443 Å². The predicted octanol–water partition coefficient (Wildman–Crippen LogP) is -2.72. The lowest BCUT2D eigenvalue weighted by atomic mass is 10.0. The van der Waals surface area contributed by atoms with Gasteiger partial charge in [-0.3, -0.25) is 43.3 Å². The number of rotatable bonds is 37. The number of carbonyl (C=O) groups excluding carboxylic acids is 8. The number of aliphatic hydroxyl groups excluding tert-OH is 1. The molecule has 76 heavy (non-hydrogen) atoms. The summed E-state index contributed by atoms with van der Waals surface area (Å²) in [5.74, 6) is -6.07. The van der Waals surface area contributed by atoms with Crippen molar-refractivity contribution in [2.45, 2.75) is 139 Å². The van der Waals surface area contributed by atoms with Gasteiger partial charge in [0.2, 0.25) is 47.3 Å². The number of amides is 8. The normalized spacial score (nSPS) is 13.8. The summed E-state index contributed by atoms with van der Waals surface area (Å²) in [5, 5.41) is 28.9. The number of nitrogens with two attached hydrogens (primary N) is 3. The SMILES string of the molecule is CCCCCCCCC(=O)N[C@@H](Cc1cnc[nH]1)C(=O)N[C@@H](CO)C(=O)N[C@@H](CCSC)C(=O)N[C@@H](Cc1cnc[nH]1)C(=O)N[C@@H](Cc1cnc[nH]1)C(=O)N[C@@H](CCCN=C(N)N)C(=O)N[C@@H](Cc1cnc[nH]1)C(N)=O. The van der Waals surface area contributed by atoms with Crippen LogP contribution in [0.1, 0.15) is 93.9 Å². The van der Waals surface area contributed by atoms with Crippen LogP contribution in [0.5, 0.6) is 0 Å². The Hall–Kier alpha value is -7.82. The van der Waals surface area contributed by atoms with E-state index in [1.807, 2.05) is 0 Å². The molecule has 4 aromatic rings. The van der Waals surface area contributed by atoms with E-state index in [2.05, 4.69) is 89.0 Å². The topological polar surface area (TPSA) is 446 Å². The fourth-order valence-corrected chi connectivity index (χ4v) is 8.22. The maximum absolute atomic E-state index is 14.5. The first kappa shape index (κ1) is 60.7. The van der Waals surface area contributed by atoms with Crippen molar-refractivity contribution in [3.05, 3.63) is 72.9 Å². The van der Waals surface area contributed by atoms with Crippen molar-refractivity contribution in [1.29, 1.82) is 0 Å². The molecule has 18 N–H and O–H groups in total. The van der Waals surface area contributed by atoms with E-state index in [1.165, 1.54) is 61.9 Å². The number of unbranched alkanes of at least 4 members (excludes halogenated alkanes) is 5. The zero-order valence-corrected chi connectivity index (χ0v) is 43.6. The smallest absolute Gasteiger partial charge is 0.245 e. The Morgan fingerprint density at radius 3 is 1.33 bits per heavy atom. The summed E-state index contributed by atoms with van der Waals surface area (Å²) in [4.78, 5) is 141. The summed E-state index contributed by atoms with van der Waals surface area (Å²) in [6, 6.07) is -9.41. The number of aliphatic hydroxyl groups is 1. The van der Waals surface area contributed by atoms with Crippen molar-refractivity contribution in [2.75, 3.05) is 25.2 Å². The van der Waals surface area contributed by atoms with Crippen LogP contribution in [-0.2, 0) is 64.0 Å². The second-order valence-electron chi connectivity index (χ2n) is 17.9. The second kappa shape index (κ2) is 33.2. The van der Waals surface area contributed by atoms with E-state index in [-0.39, 0.29) is 69.8 Å². The molecular weight excluding hydrogens is 1010 g/mol. The van der Waals surface area contributed by atoms with Crippen LogP contribution >= 0.6 is 11.8 Å². The molecule has 0 bridgehead atoms. The van der Waals surface area contributed by atoms with Gasteiger partial charge in [-0.1, -0.05) is 39.0 Å². The average Bonchev–Trinajstić information content (AvgIpc) is 4.27. The molecule has 0 fully saturated rings. The fraction of sp³-hybridized carbons (Fsp3) is 0.553. The van der Waals surface area contributed by atoms with Crippen molar-refractivity contribution in [3.63, 3.8) is 0 Å². The molecule has 0 aliphatic rings. The summed E-state index contributed by atoms with van der Waals surface area (Å²) in [6.45, 7) is 1.32. The van der Waals surface area contributed by atoms with Gasteiger partial charge in [0, 0.05) is 86.2 Å². The number of carbonyl (C=O) groups is 8. The summed E-state index contributed by atoms with van der Waals surface area (Å²) in [5.41, 5.74) is 18.5. The molecule has 0 aromatic carbocycles. The van der Waals surface area contributed by atoms with E-state index in [0.29, 0.717) is 34.9 Å². The zero-order chi connectivity index (χ0) is 55.2. The second-order valence-corrected chi connectivity index (χ2v) is 18.9. The standard InChI is InChI=1S/C47H73N19O9S/c1-3-4-5-6-7-8-11-39(68)60-35(16-29-20-52-25-57-29)43(72)66-38(23-67)46(75)62-33(12-14-76-2)42(71)64-37(18-31-22-54-27-59-31)45(74)65-36(17-30-21-53-26-58-30)44(73)61-32(10-9-13-55-47(49)50)41(70)63-34(40(48)69)15-28-19-51-24-56-28/h19-22,24-27,32-38,67H,3-18,23H2,1-2H3,(H2,48,69)(H,51,56)(H,52,57)(H,53,58)(H,54,59)(H,60,68)(H,61,73)(H,62,75)(H,63,70)(H,64,71)(H,65,74)(H,66,72)(H4,49,50,55)/t32-,33-,34-,35-,36-,37-,38-/m0/s1. The van der Waals surface area contributed by atoms with Gasteiger partial charge in [0.05, 0.1) is 31.9 Å². The minimum Gasteiger partial charge on any atom is -0.394 e. The summed E-state index contributed by atoms with van der Waals surface area (Å²) < 4.78 is 0. The quantitative estimate of drug-likeness (QED) is 0.0124. The number of hydrogen-bond acceptors (Lipinski definition) is 15. The number of aromatic nitrogens is 8. The zero-order valence-electron chi connectivity index (χ0n) is 42.8. The number of aliphatic imine (C=N–C) groups is 1. The molecule has 4 rings (SSSR count). The molecule has 0 radical (unpaired) electrons. The van der Waals surface area contributed by atoms with Crippen LogP contribution in [-0.4, -0.2) is 166 Å². The molecule has 4 aromatic heterocycles. The number of nitrogens with one attached hydrogen (secondary N) is 11. The van der Waals surface area contributed by atoms with Crippen LogP contribution < -0.4 is 54.4 Å². The van der Waals surface area contributed by atoms with Crippen LogP contribution in [0.2, 0.25) is 0 Å². The third-order valence-corrected chi connectivity index (χ3v) is 12.5. The largest absolute Gasteiger partial charge is 0.394 e. The van der Waals surface area contributed by atoms with Gasteiger partial charge in [-0.25, -0.2) is 19.9 Å². The number of H-pyrrole nitrogens is 4. The summed E-state index contributed by atoms with van der Waals surface area (Å²) >= 11 is 1.37. The molecule has 8 amide bonds. The molecule has 7 atom stereocenters. The van der Waals surface area contributed by atoms with Crippen LogP contribution in [0.4, 0.5) is 0 Å². The molecule has 416 valence electrons. The minimum atomic E-state index is -1.57. The van der Waals surface area contributed by atoms with Crippen LogP contribution in [0, 0.1) is 0 Å². The van der Waals surface area contributed by atoms with Crippen molar-refractivity contribution < 1.29 is 43.5 Å². The maximum Gasteiger partial charge on any atom is 0.245 e. The lowest BCUT2D eigenvalue weighted by Crippen LogP contribution is -2.61. The number of guanidine groups is 1. The van der Waals surface area contributed by atoms with E-state index < -0.39 is 90.3 Å². The van der Waals surface area contributed by atoms with E-state index >= 15 is 0 Å². The molecule has 0 saturated heterocycles. The lowest BCUT2D eigenvalue weighted by molar-refractivity contribution is -0.136. The first-order valence-corrected chi connectivity index (χ1v) is 26.4. The van der Waals surface area contributed by atoms with Crippen LogP contribution in [0.15, 0.2) is 55.1 Å². The fourth-order valence-electron chi connectivity index (χ4n) is 7.75. The third-order valence-electron chi connectivity index (χ3n) is 11.9. The number of primary amides is 1. The first-order chi connectivity index (χ1) is 36.6. The Bertz CT molecular complexity index is 2420. The van der Waals surface area contributed by atoms with E-state index in [4.69, 9.17) is 17.2 Å². The predicted molar refractivity (Wildman–Crippen MR) is 280 cm³/mol. The molecule has 4 heterocycles. The Balaban J connectivity index is 1.53. The highest BCUT2D eigenvalue weighted by molar-refractivity contribution is 7.98. The van der Waals surface area contributed by atoms with Crippen molar-refractivity contribution in [3.8, 4) is 0 Å². The van der Waals surface area contributed by atoms with Crippen molar-refractivity contribution >= 4 is 65.0 Å². The number of nitrogens with zero attached hydrogens (tertiary/aromatic N) is 5. The lowest BCUT2D eigenvalue weighted by Gasteiger charge is -2.27. The van der Waals surface area contributed by atoms with Gasteiger partial charge in [0.15, 0.2) is 5.96 Å². The minimum absolute atomic E-state index is 0.00192. The van der Waals surface area contributed by atoms with Crippen molar-refractivity contribution in [1.82, 2.24) is 77.1 Å². The van der Waals surface area contributed by atoms with Gasteiger partial charge in [0.25, 0.3) is 0 Å². The summed E-state index contributed by atoms with van der Waals surface area (Å²) in [7, 11) is 0. The van der Waals surface area contributed by atoms with Gasteiger partial charge in [-0.15, -0.1) is 0 Å². The van der Waals surface area contributed by atoms with E-state index in [1.54, 1.807) is 6.26 Å². The Morgan fingerprint density at radius 2 is 0.908 bits per heavy atom. The Kier molecular flexibility index (Phi) is 26.5. The number of aromatic amines is 4. The van der Waals surface area contributed by atoms with Gasteiger partial charge < -0.3 is 79.5 Å². The van der Waals surface area contributed by atoms with Gasteiger partial charge in [-0.05, 0) is 37.7 Å². The highest BCUT2D eigenvalue weighted by atomic mass is 32.2. The molecule has 0 spiro atoms. The molecular formula is C47H73N19O9S. The Morgan fingerprint density at radius 1 is 0.526 bits per heavy atom. The monoisotopic (exact) mass is 1080 g/mol. The van der Waals surface area contributed by atoms with Gasteiger partial charge in [0.1, 0.15) is 42.3 Å². The van der Waals surface area contributed by atoms with Gasteiger partial charge >= 0.3 is 0 Å². The number of thioether (sulfide) groups is 1. The van der Waals surface area contributed by atoms with Gasteiger partial charge in [-0.2, -0.15) is 11.8 Å². The van der Waals surface area contributed by atoms with E-state index in [0.717, 1.165) is 32.1 Å². The maximum atomic E-state index is 14.5. The average molecular weight is 1080 g/mol. The van der Waals surface area contributed by atoms with Crippen LogP contribution in [0.25, 0.3) is 0 Å². The summed E-state index contributed by atoms with van der Waals surface area (Å²) in [6.07, 6.45) is 18.8. The molecule has 0 aliphatic carbocycles. The highest BCUT2D eigenvalue weighted by Gasteiger charge is 2.35. The molecule has 28 nitrogen and oxygen atoms in total.